The lowest BCUT2D eigenvalue weighted by Gasteiger charge is -2.27. The SMILES string of the molecule is CCOC(=O)/C=C/c1cc(F)ccc1[C@@H](C)OC[C@H](O)CN1CCC[C@H]1Cc1ccc(C)c(F)c1. The number of carbonyl (C=O) groups is 1. The van der Waals surface area contributed by atoms with Crippen molar-refractivity contribution in [3.05, 3.63) is 76.4 Å². The van der Waals surface area contributed by atoms with Crippen molar-refractivity contribution in [1.29, 1.82) is 0 Å². The van der Waals surface area contributed by atoms with E-state index < -0.39 is 24.0 Å². The van der Waals surface area contributed by atoms with E-state index in [9.17, 15) is 18.7 Å². The summed E-state index contributed by atoms with van der Waals surface area (Å²) in [6.45, 7) is 7.01. The van der Waals surface area contributed by atoms with Crippen molar-refractivity contribution >= 4 is 12.0 Å². The van der Waals surface area contributed by atoms with E-state index in [2.05, 4.69) is 4.90 Å². The Morgan fingerprint density at radius 3 is 2.80 bits per heavy atom. The summed E-state index contributed by atoms with van der Waals surface area (Å²) >= 11 is 0. The van der Waals surface area contributed by atoms with Crippen LogP contribution in [0.3, 0.4) is 0 Å². The van der Waals surface area contributed by atoms with Gasteiger partial charge in [-0.25, -0.2) is 13.6 Å². The summed E-state index contributed by atoms with van der Waals surface area (Å²) in [5.41, 5.74) is 2.83. The maximum Gasteiger partial charge on any atom is 0.330 e. The van der Waals surface area contributed by atoms with Gasteiger partial charge in [-0.2, -0.15) is 0 Å². The number of rotatable bonds is 11. The number of aliphatic hydroxyl groups is 1. The van der Waals surface area contributed by atoms with Crippen molar-refractivity contribution in [2.45, 2.75) is 58.3 Å². The van der Waals surface area contributed by atoms with Crippen molar-refractivity contribution in [3.63, 3.8) is 0 Å². The molecular formula is C28H35F2NO4. The Balaban J connectivity index is 1.55. The number of aryl methyl sites for hydroxylation is 1. The van der Waals surface area contributed by atoms with Crippen LogP contribution in [0.25, 0.3) is 6.08 Å². The first kappa shape index (κ1) is 27.0. The van der Waals surface area contributed by atoms with Crippen LogP contribution in [0, 0.1) is 18.6 Å². The van der Waals surface area contributed by atoms with Crippen molar-refractivity contribution in [2.75, 3.05) is 26.3 Å². The monoisotopic (exact) mass is 487 g/mol. The first-order valence-electron chi connectivity index (χ1n) is 12.2. The number of nitrogens with zero attached hydrogens (tertiary/aromatic N) is 1. The lowest BCUT2D eigenvalue weighted by molar-refractivity contribution is -0.137. The van der Waals surface area contributed by atoms with Gasteiger partial charge in [0.15, 0.2) is 0 Å². The lowest BCUT2D eigenvalue weighted by atomic mass is 10.0. The smallest absolute Gasteiger partial charge is 0.330 e. The molecule has 1 heterocycles. The lowest BCUT2D eigenvalue weighted by Crippen LogP contribution is -2.39. The molecule has 0 spiro atoms. The zero-order valence-corrected chi connectivity index (χ0v) is 20.7. The molecule has 7 heteroatoms. The Kier molecular flexibility index (Phi) is 9.95. The largest absolute Gasteiger partial charge is 0.463 e. The van der Waals surface area contributed by atoms with Crippen molar-refractivity contribution in [3.8, 4) is 0 Å². The maximum absolute atomic E-state index is 13.9. The number of aliphatic hydroxyl groups excluding tert-OH is 1. The second kappa shape index (κ2) is 12.9. The first-order chi connectivity index (χ1) is 16.8. The minimum absolute atomic E-state index is 0.113. The van der Waals surface area contributed by atoms with Gasteiger partial charge in [0, 0.05) is 18.7 Å². The number of halogens is 2. The predicted molar refractivity (Wildman–Crippen MR) is 132 cm³/mol. The third-order valence-corrected chi connectivity index (χ3v) is 6.36. The van der Waals surface area contributed by atoms with Crippen LogP contribution in [0.5, 0.6) is 0 Å². The van der Waals surface area contributed by atoms with Gasteiger partial charge in [-0.1, -0.05) is 18.2 Å². The zero-order valence-electron chi connectivity index (χ0n) is 20.7. The number of hydrogen-bond acceptors (Lipinski definition) is 5. The summed E-state index contributed by atoms with van der Waals surface area (Å²) in [5.74, 6) is -1.11. The van der Waals surface area contributed by atoms with Gasteiger partial charge in [0.2, 0.25) is 0 Å². The summed E-state index contributed by atoms with van der Waals surface area (Å²) < 4.78 is 38.5. The molecule has 0 amide bonds. The van der Waals surface area contributed by atoms with Gasteiger partial charge in [0.05, 0.1) is 25.4 Å². The van der Waals surface area contributed by atoms with Crippen molar-refractivity contribution in [1.82, 2.24) is 4.90 Å². The van der Waals surface area contributed by atoms with Crippen LogP contribution in [0.4, 0.5) is 8.78 Å². The molecule has 3 atom stereocenters. The number of hydrogen-bond donors (Lipinski definition) is 1. The molecule has 1 fully saturated rings. The standard InChI is InChI=1S/C28H35F2NO4/c1-4-34-28(33)12-9-22-16-23(29)10-11-26(22)20(3)35-18-25(32)17-31-13-5-6-24(31)14-21-8-7-19(2)27(30)15-21/h7-12,15-16,20,24-25,32H,4-6,13-14,17-18H2,1-3H3/b12-9+/t20-,24+,25-/m1/s1. The molecule has 2 aromatic carbocycles. The quantitative estimate of drug-likeness (QED) is 0.357. The first-order valence-corrected chi connectivity index (χ1v) is 12.2. The van der Waals surface area contributed by atoms with E-state index in [4.69, 9.17) is 9.47 Å². The van der Waals surface area contributed by atoms with Crippen LogP contribution in [-0.2, 0) is 20.7 Å². The average molecular weight is 488 g/mol. The number of carbonyl (C=O) groups excluding carboxylic acids is 1. The van der Waals surface area contributed by atoms with Crippen LogP contribution in [0.2, 0.25) is 0 Å². The minimum atomic E-state index is -0.702. The van der Waals surface area contributed by atoms with Crippen LogP contribution in [0.1, 0.15) is 55.0 Å². The molecule has 0 saturated carbocycles. The molecule has 1 N–H and O–H groups in total. The fourth-order valence-corrected chi connectivity index (χ4v) is 4.48. The minimum Gasteiger partial charge on any atom is -0.463 e. The number of ether oxygens (including phenoxy) is 2. The second-order valence-electron chi connectivity index (χ2n) is 9.07. The predicted octanol–water partition coefficient (Wildman–Crippen LogP) is 5.00. The molecule has 2 aromatic rings. The summed E-state index contributed by atoms with van der Waals surface area (Å²) in [4.78, 5) is 13.9. The van der Waals surface area contributed by atoms with Gasteiger partial charge in [0.1, 0.15) is 11.6 Å². The Morgan fingerprint density at radius 2 is 2.06 bits per heavy atom. The molecule has 1 aliphatic rings. The Hall–Kier alpha value is -2.61. The normalized spacial score (nSPS) is 18.2. The highest BCUT2D eigenvalue weighted by Gasteiger charge is 2.27. The molecule has 0 aromatic heterocycles. The molecule has 0 radical (unpaired) electrons. The molecule has 5 nitrogen and oxygen atoms in total. The highest BCUT2D eigenvalue weighted by molar-refractivity contribution is 5.87. The van der Waals surface area contributed by atoms with Crippen LogP contribution in [0.15, 0.2) is 42.5 Å². The van der Waals surface area contributed by atoms with E-state index >= 15 is 0 Å². The average Bonchev–Trinajstić information content (AvgIpc) is 3.25. The van der Waals surface area contributed by atoms with E-state index in [1.54, 1.807) is 32.0 Å². The summed E-state index contributed by atoms with van der Waals surface area (Å²) in [5, 5.41) is 10.7. The molecule has 190 valence electrons. The van der Waals surface area contributed by atoms with Crippen molar-refractivity contribution in [2.24, 2.45) is 0 Å². The third-order valence-electron chi connectivity index (χ3n) is 6.36. The van der Waals surface area contributed by atoms with Gasteiger partial charge in [-0.3, -0.25) is 4.90 Å². The Bertz CT molecular complexity index is 1030. The summed E-state index contributed by atoms with van der Waals surface area (Å²) in [7, 11) is 0. The fourth-order valence-electron chi connectivity index (χ4n) is 4.48. The molecule has 0 unspecified atom stereocenters. The molecule has 1 saturated heterocycles. The summed E-state index contributed by atoms with van der Waals surface area (Å²) in [6, 6.07) is 9.92. The zero-order chi connectivity index (χ0) is 25.4. The van der Waals surface area contributed by atoms with Crippen LogP contribution in [-0.4, -0.2) is 54.4 Å². The van der Waals surface area contributed by atoms with Gasteiger partial charge in [-0.15, -0.1) is 0 Å². The molecule has 3 rings (SSSR count). The number of β-amino-alcohol motifs (C(OH)–C–C–N with tert-alkyl or cyclic N) is 1. The molecular weight excluding hydrogens is 452 g/mol. The Morgan fingerprint density at radius 1 is 1.26 bits per heavy atom. The van der Waals surface area contributed by atoms with E-state index in [1.807, 2.05) is 13.0 Å². The molecule has 35 heavy (non-hydrogen) atoms. The van der Waals surface area contributed by atoms with Crippen LogP contribution < -0.4 is 0 Å². The number of benzene rings is 2. The highest BCUT2D eigenvalue weighted by atomic mass is 19.1. The van der Waals surface area contributed by atoms with E-state index in [0.717, 1.165) is 31.4 Å². The van der Waals surface area contributed by atoms with Gasteiger partial charge in [0.25, 0.3) is 0 Å². The fraction of sp³-hybridized carbons (Fsp3) is 0.464. The number of likely N-dealkylation sites (tertiary alicyclic amines) is 1. The van der Waals surface area contributed by atoms with E-state index in [-0.39, 0.29) is 25.1 Å². The van der Waals surface area contributed by atoms with Crippen LogP contribution >= 0.6 is 0 Å². The van der Waals surface area contributed by atoms with Crippen molar-refractivity contribution < 1.29 is 28.2 Å². The van der Waals surface area contributed by atoms with Gasteiger partial charge in [-0.05, 0) is 93.1 Å². The third kappa shape index (κ3) is 7.95. The van der Waals surface area contributed by atoms with Gasteiger partial charge < -0.3 is 14.6 Å². The topological polar surface area (TPSA) is 59.0 Å². The van der Waals surface area contributed by atoms with E-state index in [1.165, 1.54) is 24.3 Å². The molecule has 0 bridgehead atoms. The molecule has 1 aliphatic heterocycles. The maximum atomic E-state index is 13.9. The van der Waals surface area contributed by atoms with Gasteiger partial charge >= 0.3 is 5.97 Å². The number of esters is 1. The Labute approximate surface area is 206 Å². The second-order valence-corrected chi connectivity index (χ2v) is 9.07. The van der Waals surface area contributed by atoms with E-state index in [0.29, 0.717) is 23.2 Å². The molecule has 0 aliphatic carbocycles. The summed E-state index contributed by atoms with van der Waals surface area (Å²) in [6.07, 6.45) is 4.43. The highest BCUT2D eigenvalue weighted by Crippen LogP contribution is 2.25.